The summed E-state index contributed by atoms with van der Waals surface area (Å²) in [6.45, 7) is 2.13. The molecule has 0 aromatic rings. The van der Waals surface area contributed by atoms with Crippen LogP contribution in [0, 0.1) is 5.92 Å². The van der Waals surface area contributed by atoms with Crippen LogP contribution in [0.15, 0.2) is 0 Å². The Morgan fingerprint density at radius 3 is 1.88 bits per heavy atom. The number of hydrogen-bond acceptors (Lipinski definition) is 2. The van der Waals surface area contributed by atoms with Crippen LogP contribution in [0.4, 0.5) is 0 Å². The summed E-state index contributed by atoms with van der Waals surface area (Å²) in [7, 11) is 0. The van der Waals surface area contributed by atoms with Gasteiger partial charge in [-0.2, -0.15) is 0 Å². The smallest absolute Gasteiger partial charge is 1.00 e. The van der Waals surface area contributed by atoms with E-state index in [1.165, 1.54) is 12.8 Å². The van der Waals surface area contributed by atoms with Crippen molar-refractivity contribution in [2.24, 2.45) is 5.92 Å². The van der Waals surface area contributed by atoms with Gasteiger partial charge in [0.25, 0.3) is 0 Å². The molecule has 0 fully saturated rings. The predicted octanol–water partition coefficient (Wildman–Crippen LogP) is -0.361. The minimum absolute atomic E-state index is 0. The van der Waals surface area contributed by atoms with E-state index >= 15 is 0 Å². The molecule has 0 aromatic carbocycles. The minimum Gasteiger partial charge on any atom is -1.00 e. The van der Waals surface area contributed by atoms with E-state index in [0.29, 0.717) is 6.42 Å². The van der Waals surface area contributed by atoms with Gasteiger partial charge in [-0.05, 0) is 6.42 Å². The Hall–Kier alpha value is -0.463. The zero-order valence-electron chi connectivity index (χ0n) is 11.2. The van der Waals surface area contributed by atoms with E-state index in [9.17, 15) is 9.59 Å². The van der Waals surface area contributed by atoms with Crippen molar-refractivity contribution < 1.29 is 40.1 Å². The molecule has 0 aromatic heterocycles. The number of carboxylic acids is 2. The number of carboxylic acid groups (broad SMARTS) is 2. The van der Waals surface area contributed by atoms with Crippen LogP contribution in [0.5, 0.6) is 0 Å². The molecule has 2 N–H and O–H groups in total. The Morgan fingerprint density at radius 1 is 1.00 bits per heavy atom. The van der Waals surface area contributed by atoms with E-state index in [0.717, 1.165) is 19.3 Å². The summed E-state index contributed by atoms with van der Waals surface area (Å²) in [6.07, 6.45) is 6.45. The van der Waals surface area contributed by atoms with Crippen LogP contribution in [-0.2, 0) is 9.59 Å². The molecule has 0 heterocycles. The largest absolute Gasteiger partial charge is 1.00 e. The second kappa shape index (κ2) is 11.0. The second-order valence-electron chi connectivity index (χ2n) is 3.79. The van der Waals surface area contributed by atoms with Crippen molar-refractivity contribution >= 4 is 11.9 Å². The maximum atomic E-state index is 10.5. The fourth-order valence-electron chi connectivity index (χ4n) is 1.48. The molecule has 0 amide bonds. The maximum Gasteiger partial charge on any atom is 1.00 e. The average Bonchev–Trinajstić information content (AvgIpc) is 2.15. The summed E-state index contributed by atoms with van der Waals surface area (Å²) in [5, 5.41) is 17.2. The van der Waals surface area contributed by atoms with Crippen molar-refractivity contribution in [3.8, 4) is 0 Å². The third kappa shape index (κ3) is 8.81. The van der Waals surface area contributed by atoms with Gasteiger partial charge >= 0.3 is 30.8 Å². The Kier molecular flexibility index (Phi) is 12.4. The number of rotatable bonds is 9. The minimum atomic E-state index is -1.23. The average molecular weight is 224 g/mol. The summed E-state index contributed by atoms with van der Waals surface area (Å²) in [5.41, 5.74) is 0. The molecular weight excluding hydrogens is 203 g/mol. The van der Waals surface area contributed by atoms with Crippen LogP contribution in [0.25, 0.3) is 0 Å². The fourth-order valence-corrected chi connectivity index (χ4v) is 1.48. The first kappa shape index (κ1) is 17.9. The van der Waals surface area contributed by atoms with E-state index in [1.807, 2.05) is 0 Å². The van der Waals surface area contributed by atoms with E-state index in [1.54, 1.807) is 0 Å². The van der Waals surface area contributed by atoms with Crippen molar-refractivity contribution in [1.82, 2.24) is 0 Å². The molecule has 0 aliphatic carbocycles. The molecule has 5 heteroatoms. The van der Waals surface area contributed by atoms with Crippen molar-refractivity contribution in [2.75, 3.05) is 0 Å². The van der Waals surface area contributed by atoms with Crippen molar-refractivity contribution in [3.63, 3.8) is 0 Å². The van der Waals surface area contributed by atoms with Crippen LogP contribution in [-0.4, -0.2) is 22.2 Å². The van der Waals surface area contributed by atoms with Gasteiger partial charge in [0.1, 0.15) is 0 Å². The van der Waals surface area contributed by atoms with Gasteiger partial charge in [-0.15, -0.1) is 0 Å². The van der Waals surface area contributed by atoms with Gasteiger partial charge in [-0.1, -0.05) is 45.4 Å². The Bertz CT molecular complexity index is 198. The van der Waals surface area contributed by atoms with Crippen LogP contribution in [0.2, 0.25) is 0 Å². The molecule has 0 bridgehead atoms. The SMILES string of the molecule is CCCCCCCCC(C(=O)O)C(=O)O.[H-].[Li+]. The Balaban J connectivity index is -0.000000980. The van der Waals surface area contributed by atoms with E-state index < -0.39 is 17.9 Å². The quantitative estimate of drug-likeness (QED) is 0.318. The molecule has 0 aliphatic heterocycles. The van der Waals surface area contributed by atoms with Gasteiger partial charge in [-0.3, -0.25) is 9.59 Å². The molecule has 16 heavy (non-hydrogen) atoms. The van der Waals surface area contributed by atoms with Gasteiger partial charge in [0.2, 0.25) is 0 Å². The fraction of sp³-hybridized carbons (Fsp3) is 0.818. The van der Waals surface area contributed by atoms with Gasteiger partial charge in [-0.25, -0.2) is 0 Å². The molecule has 0 unspecified atom stereocenters. The summed E-state index contributed by atoms with van der Waals surface area (Å²) in [4.78, 5) is 21.1. The zero-order chi connectivity index (χ0) is 11.7. The number of hydrogen-bond donors (Lipinski definition) is 2. The first-order chi connectivity index (χ1) is 7.09. The molecule has 90 valence electrons. The normalized spacial score (nSPS) is 9.88. The van der Waals surface area contributed by atoms with E-state index in [2.05, 4.69) is 6.92 Å². The van der Waals surface area contributed by atoms with Gasteiger partial charge in [0.05, 0.1) is 0 Å². The molecule has 0 atom stereocenters. The van der Waals surface area contributed by atoms with Crippen LogP contribution in [0.3, 0.4) is 0 Å². The standard InChI is InChI=1S/C11H20O4.Li.H/c1-2-3-4-5-6-7-8-9(10(12)13)11(14)15;;/h9H,2-8H2,1H3,(H,12,13)(H,14,15);;/q;+1;-1. The van der Waals surface area contributed by atoms with E-state index in [-0.39, 0.29) is 26.7 Å². The second-order valence-corrected chi connectivity index (χ2v) is 3.79. The molecule has 0 saturated heterocycles. The van der Waals surface area contributed by atoms with Gasteiger partial charge < -0.3 is 11.6 Å². The van der Waals surface area contributed by atoms with Crippen LogP contribution >= 0.6 is 0 Å². The molecule has 0 saturated carbocycles. The third-order valence-corrected chi connectivity index (χ3v) is 2.44. The predicted molar refractivity (Wildman–Crippen MR) is 57.9 cm³/mol. The maximum absolute atomic E-state index is 10.5. The number of carbonyl (C=O) groups is 2. The van der Waals surface area contributed by atoms with Crippen molar-refractivity contribution in [3.05, 3.63) is 0 Å². The van der Waals surface area contributed by atoms with Crippen LogP contribution in [0.1, 0.15) is 53.3 Å². The molecule has 0 spiro atoms. The topological polar surface area (TPSA) is 74.6 Å². The first-order valence-corrected chi connectivity index (χ1v) is 5.55. The van der Waals surface area contributed by atoms with Gasteiger partial charge in [0, 0.05) is 0 Å². The van der Waals surface area contributed by atoms with Crippen molar-refractivity contribution in [2.45, 2.75) is 51.9 Å². The molecule has 4 nitrogen and oxygen atoms in total. The van der Waals surface area contributed by atoms with Gasteiger partial charge in [0.15, 0.2) is 5.92 Å². The number of unbranched alkanes of at least 4 members (excludes halogenated alkanes) is 5. The van der Waals surface area contributed by atoms with E-state index in [4.69, 9.17) is 10.2 Å². The van der Waals surface area contributed by atoms with Crippen LogP contribution < -0.4 is 18.9 Å². The Labute approximate surface area is 110 Å². The third-order valence-electron chi connectivity index (χ3n) is 2.44. The first-order valence-electron chi connectivity index (χ1n) is 5.55. The molecule has 0 rings (SSSR count). The molecular formula is C11H21LiO4. The molecule has 0 radical (unpaired) electrons. The Morgan fingerprint density at radius 2 is 1.44 bits per heavy atom. The van der Waals surface area contributed by atoms with Crippen molar-refractivity contribution in [1.29, 1.82) is 0 Å². The zero-order valence-corrected chi connectivity index (χ0v) is 10.2. The summed E-state index contributed by atoms with van der Waals surface area (Å²) in [6, 6.07) is 0. The monoisotopic (exact) mass is 224 g/mol. The number of aliphatic carboxylic acids is 2. The molecule has 0 aliphatic rings. The summed E-state index contributed by atoms with van der Waals surface area (Å²) in [5.74, 6) is -3.68. The summed E-state index contributed by atoms with van der Waals surface area (Å²) >= 11 is 0. The summed E-state index contributed by atoms with van der Waals surface area (Å²) < 4.78 is 0.